The Morgan fingerprint density at radius 2 is 1.87 bits per heavy atom. The predicted octanol–water partition coefficient (Wildman–Crippen LogP) is 4.25. The number of rotatable bonds is 10. The summed E-state index contributed by atoms with van der Waals surface area (Å²) < 4.78 is 6.08. The standard InChI is InChI=1S/C20H29NO2/c1-2-19-20(23-17-18-11-6-5-7-12-18)13-10-15-21(19)14-8-3-4-9-16-22/h5-7,10-13,15,19,22H,2-4,8-9,14,16-17H2,1H3. The summed E-state index contributed by atoms with van der Waals surface area (Å²) in [6, 6.07) is 10.6. The summed E-state index contributed by atoms with van der Waals surface area (Å²) in [5, 5.41) is 8.84. The lowest BCUT2D eigenvalue weighted by molar-refractivity contribution is 0.131. The quantitative estimate of drug-likeness (QED) is 0.655. The third kappa shape index (κ3) is 5.76. The maximum absolute atomic E-state index is 8.84. The molecule has 126 valence electrons. The van der Waals surface area contributed by atoms with E-state index in [2.05, 4.69) is 42.3 Å². The van der Waals surface area contributed by atoms with Crippen LogP contribution in [0.25, 0.3) is 0 Å². The van der Waals surface area contributed by atoms with E-state index in [-0.39, 0.29) is 0 Å². The number of hydrogen-bond acceptors (Lipinski definition) is 3. The van der Waals surface area contributed by atoms with Crippen LogP contribution in [0.4, 0.5) is 0 Å². The maximum atomic E-state index is 8.84. The van der Waals surface area contributed by atoms with Crippen LogP contribution in [0.5, 0.6) is 0 Å². The van der Waals surface area contributed by atoms with Gasteiger partial charge in [0, 0.05) is 13.2 Å². The molecule has 2 rings (SSSR count). The first kappa shape index (κ1) is 17.6. The van der Waals surface area contributed by atoms with Gasteiger partial charge in [0.15, 0.2) is 0 Å². The smallest absolute Gasteiger partial charge is 0.119 e. The van der Waals surface area contributed by atoms with E-state index < -0.39 is 0 Å². The number of hydrogen-bond donors (Lipinski definition) is 1. The number of allylic oxidation sites excluding steroid dienone is 2. The van der Waals surface area contributed by atoms with E-state index in [1.54, 1.807) is 0 Å². The van der Waals surface area contributed by atoms with Crippen LogP contribution in [-0.2, 0) is 11.3 Å². The fourth-order valence-electron chi connectivity index (χ4n) is 2.94. The van der Waals surface area contributed by atoms with Crippen molar-refractivity contribution in [1.82, 2.24) is 4.90 Å². The monoisotopic (exact) mass is 315 g/mol. The van der Waals surface area contributed by atoms with E-state index in [0.29, 0.717) is 19.3 Å². The van der Waals surface area contributed by atoms with Gasteiger partial charge in [0.2, 0.25) is 0 Å². The molecule has 0 spiro atoms. The Bertz CT molecular complexity index is 496. The molecule has 0 saturated heterocycles. The molecule has 0 radical (unpaired) electrons. The van der Waals surface area contributed by atoms with Gasteiger partial charge in [-0.15, -0.1) is 0 Å². The van der Waals surface area contributed by atoms with Gasteiger partial charge in [-0.05, 0) is 43.2 Å². The minimum atomic E-state index is 0.307. The Labute approximate surface area is 140 Å². The highest BCUT2D eigenvalue weighted by atomic mass is 16.5. The van der Waals surface area contributed by atoms with Crippen molar-refractivity contribution in [2.75, 3.05) is 13.2 Å². The number of aliphatic hydroxyl groups is 1. The van der Waals surface area contributed by atoms with Gasteiger partial charge in [-0.25, -0.2) is 0 Å². The maximum Gasteiger partial charge on any atom is 0.119 e. The fraction of sp³-hybridized carbons (Fsp3) is 0.500. The first-order valence-corrected chi connectivity index (χ1v) is 8.77. The average Bonchev–Trinajstić information content (AvgIpc) is 2.60. The second-order valence-corrected chi connectivity index (χ2v) is 5.98. The van der Waals surface area contributed by atoms with Crippen molar-refractivity contribution in [1.29, 1.82) is 0 Å². The summed E-state index contributed by atoms with van der Waals surface area (Å²) in [5.74, 6) is 1.06. The SMILES string of the molecule is CCC1C(OCc2ccccc2)=CC=CN1CCCCCCO. The molecular weight excluding hydrogens is 286 g/mol. The Morgan fingerprint density at radius 1 is 1.09 bits per heavy atom. The van der Waals surface area contributed by atoms with Crippen LogP contribution in [0, 0.1) is 0 Å². The molecule has 1 unspecified atom stereocenters. The highest BCUT2D eigenvalue weighted by Crippen LogP contribution is 2.22. The van der Waals surface area contributed by atoms with Gasteiger partial charge < -0.3 is 14.7 Å². The molecule has 23 heavy (non-hydrogen) atoms. The van der Waals surface area contributed by atoms with E-state index in [1.807, 2.05) is 18.2 Å². The van der Waals surface area contributed by atoms with Gasteiger partial charge in [0.1, 0.15) is 12.4 Å². The number of aliphatic hydroxyl groups excluding tert-OH is 1. The molecule has 1 aromatic carbocycles. The highest BCUT2D eigenvalue weighted by molar-refractivity contribution is 5.20. The Morgan fingerprint density at radius 3 is 2.61 bits per heavy atom. The fourth-order valence-corrected chi connectivity index (χ4v) is 2.94. The highest BCUT2D eigenvalue weighted by Gasteiger charge is 2.21. The van der Waals surface area contributed by atoms with E-state index in [4.69, 9.17) is 9.84 Å². The Kier molecular flexibility index (Phi) is 7.74. The lowest BCUT2D eigenvalue weighted by atomic mass is 10.1. The first-order chi connectivity index (χ1) is 11.3. The molecule has 1 heterocycles. The van der Waals surface area contributed by atoms with Gasteiger partial charge >= 0.3 is 0 Å². The van der Waals surface area contributed by atoms with Crippen LogP contribution >= 0.6 is 0 Å². The molecule has 1 aliphatic heterocycles. The summed E-state index contributed by atoms with van der Waals surface area (Å²) in [6.45, 7) is 4.19. The number of ether oxygens (including phenoxy) is 1. The topological polar surface area (TPSA) is 32.7 Å². The largest absolute Gasteiger partial charge is 0.491 e. The zero-order valence-electron chi connectivity index (χ0n) is 14.2. The predicted molar refractivity (Wildman–Crippen MR) is 94.8 cm³/mol. The van der Waals surface area contributed by atoms with Crippen molar-refractivity contribution in [2.45, 2.75) is 51.7 Å². The van der Waals surface area contributed by atoms with Crippen molar-refractivity contribution in [3.8, 4) is 0 Å². The van der Waals surface area contributed by atoms with Crippen molar-refractivity contribution in [3.05, 3.63) is 60.0 Å². The van der Waals surface area contributed by atoms with Crippen molar-refractivity contribution >= 4 is 0 Å². The Hall–Kier alpha value is -1.74. The average molecular weight is 315 g/mol. The molecule has 1 N–H and O–H groups in total. The summed E-state index contributed by atoms with van der Waals surface area (Å²) in [4.78, 5) is 2.39. The number of nitrogens with zero attached hydrogens (tertiary/aromatic N) is 1. The summed E-state index contributed by atoms with van der Waals surface area (Å²) in [5.41, 5.74) is 1.20. The van der Waals surface area contributed by atoms with Gasteiger partial charge in [-0.2, -0.15) is 0 Å². The zero-order valence-corrected chi connectivity index (χ0v) is 14.2. The molecule has 3 nitrogen and oxygen atoms in total. The summed E-state index contributed by atoms with van der Waals surface area (Å²) >= 11 is 0. The van der Waals surface area contributed by atoms with Crippen LogP contribution in [0.15, 0.2) is 54.4 Å². The summed E-state index contributed by atoms with van der Waals surface area (Å²) in [6.07, 6.45) is 11.8. The molecule has 0 amide bonds. The van der Waals surface area contributed by atoms with Crippen molar-refractivity contribution in [3.63, 3.8) is 0 Å². The third-order valence-electron chi connectivity index (χ3n) is 4.23. The van der Waals surface area contributed by atoms with Crippen molar-refractivity contribution < 1.29 is 9.84 Å². The molecule has 0 bridgehead atoms. The van der Waals surface area contributed by atoms with Gasteiger partial charge in [-0.1, -0.05) is 50.1 Å². The van der Waals surface area contributed by atoms with Crippen LogP contribution in [-0.4, -0.2) is 29.2 Å². The van der Waals surface area contributed by atoms with Gasteiger partial charge in [0.05, 0.1) is 6.04 Å². The molecular formula is C20H29NO2. The lowest BCUT2D eigenvalue weighted by Gasteiger charge is -2.33. The van der Waals surface area contributed by atoms with E-state index in [1.165, 1.54) is 12.0 Å². The molecule has 0 aliphatic carbocycles. The second kappa shape index (κ2) is 10.1. The molecule has 3 heteroatoms. The molecule has 1 atom stereocenters. The Balaban J connectivity index is 1.82. The molecule has 0 fully saturated rings. The normalized spacial score (nSPS) is 17.2. The molecule has 1 aliphatic rings. The van der Waals surface area contributed by atoms with Crippen LogP contribution in [0.3, 0.4) is 0 Å². The van der Waals surface area contributed by atoms with E-state index in [0.717, 1.165) is 38.0 Å². The van der Waals surface area contributed by atoms with E-state index in [9.17, 15) is 0 Å². The summed E-state index contributed by atoms with van der Waals surface area (Å²) in [7, 11) is 0. The molecule has 0 saturated carbocycles. The molecule has 1 aromatic rings. The number of benzene rings is 1. The zero-order chi connectivity index (χ0) is 16.3. The van der Waals surface area contributed by atoms with Crippen LogP contribution < -0.4 is 0 Å². The van der Waals surface area contributed by atoms with Crippen LogP contribution in [0.2, 0.25) is 0 Å². The van der Waals surface area contributed by atoms with Gasteiger partial charge in [0.25, 0.3) is 0 Å². The molecule has 0 aromatic heterocycles. The van der Waals surface area contributed by atoms with Crippen molar-refractivity contribution in [2.24, 2.45) is 0 Å². The minimum Gasteiger partial charge on any atom is -0.491 e. The van der Waals surface area contributed by atoms with Gasteiger partial charge in [-0.3, -0.25) is 0 Å². The van der Waals surface area contributed by atoms with Crippen LogP contribution in [0.1, 0.15) is 44.6 Å². The third-order valence-corrected chi connectivity index (χ3v) is 4.23. The number of unbranched alkanes of at least 4 members (excludes halogenated alkanes) is 3. The first-order valence-electron chi connectivity index (χ1n) is 8.77. The lowest BCUT2D eigenvalue weighted by Crippen LogP contribution is -2.35. The minimum absolute atomic E-state index is 0.307. The van der Waals surface area contributed by atoms with E-state index >= 15 is 0 Å². The second-order valence-electron chi connectivity index (χ2n) is 5.98.